The molecule has 0 atom stereocenters. The lowest BCUT2D eigenvalue weighted by Crippen LogP contribution is -2.35. The van der Waals surface area contributed by atoms with E-state index >= 15 is 0 Å². The summed E-state index contributed by atoms with van der Waals surface area (Å²) in [5.74, 6) is -0.556. The number of anilines is 1. The van der Waals surface area contributed by atoms with Gasteiger partial charge in [0, 0.05) is 19.2 Å². The molecule has 0 spiro atoms. The normalized spacial score (nSPS) is 13.7. The van der Waals surface area contributed by atoms with Crippen LogP contribution in [0.5, 0.6) is 0 Å². The minimum atomic E-state index is -3.83. The number of hydrogen-bond donors (Lipinski definition) is 0. The van der Waals surface area contributed by atoms with E-state index in [9.17, 15) is 17.6 Å². The summed E-state index contributed by atoms with van der Waals surface area (Å²) in [5.41, 5.74) is 2.79. The van der Waals surface area contributed by atoms with Crippen LogP contribution in [-0.2, 0) is 22.9 Å². The van der Waals surface area contributed by atoms with E-state index in [0.29, 0.717) is 29.2 Å². The zero-order valence-corrected chi connectivity index (χ0v) is 18.5. The lowest BCUT2D eigenvalue weighted by Gasteiger charge is -2.31. The van der Waals surface area contributed by atoms with Crippen LogP contribution < -0.4 is 4.31 Å². The van der Waals surface area contributed by atoms with Crippen LogP contribution in [0.25, 0.3) is 0 Å². The number of benzene rings is 2. The van der Waals surface area contributed by atoms with E-state index in [-0.39, 0.29) is 17.1 Å². The molecule has 1 aliphatic heterocycles. The van der Waals surface area contributed by atoms with Crippen molar-refractivity contribution in [3.63, 3.8) is 0 Å². The maximum Gasteiger partial charge on any atom is 0.264 e. The molecule has 0 saturated carbocycles. The van der Waals surface area contributed by atoms with Gasteiger partial charge in [0.25, 0.3) is 10.0 Å². The molecule has 0 amide bonds. The number of hydrogen-bond acceptors (Lipinski definition) is 5. The van der Waals surface area contributed by atoms with E-state index in [0.717, 1.165) is 29.7 Å². The highest BCUT2D eigenvalue weighted by Gasteiger charge is 2.29. The zero-order valence-electron chi connectivity index (χ0n) is 16.9. The van der Waals surface area contributed by atoms with Gasteiger partial charge in [-0.05, 0) is 72.7 Å². The molecule has 0 radical (unpaired) electrons. The molecule has 3 aromatic rings. The van der Waals surface area contributed by atoms with Crippen molar-refractivity contribution in [3.8, 4) is 0 Å². The molecule has 31 heavy (non-hydrogen) atoms. The van der Waals surface area contributed by atoms with Gasteiger partial charge in [0.1, 0.15) is 10.8 Å². The maximum absolute atomic E-state index is 13.3. The summed E-state index contributed by atoms with van der Waals surface area (Å²) in [4.78, 5) is 17.2. The fourth-order valence-electron chi connectivity index (χ4n) is 3.73. The third kappa shape index (κ3) is 4.36. The predicted molar refractivity (Wildman–Crippen MR) is 120 cm³/mol. The first-order valence-corrected chi connectivity index (χ1v) is 12.5. The van der Waals surface area contributed by atoms with Gasteiger partial charge in [-0.1, -0.05) is 12.1 Å². The van der Waals surface area contributed by atoms with Gasteiger partial charge in [-0.25, -0.2) is 17.8 Å². The summed E-state index contributed by atoms with van der Waals surface area (Å²) in [7, 11) is -3.83. The van der Waals surface area contributed by atoms with Gasteiger partial charge >= 0.3 is 0 Å². The standard InChI is InChI=1S/C23H21FN2O3S2/c1-30-23-20(5-2-12-25-23)22(27)15-16-6-7-17-4-3-13-26(21(17)14-16)31(28,29)19-10-8-18(24)9-11-19/h2,5-12,14H,3-4,13,15H2,1H3. The number of nitrogens with zero attached hydrogens (tertiary/aromatic N) is 2. The summed E-state index contributed by atoms with van der Waals surface area (Å²) in [5, 5.41) is 0.672. The fraction of sp³-hybridized carbons (Fsp3) is 0.217. The van der Waals surface area contributed by atoms with Gasteiger partial charge in [0.2, 0.25) is 0 Å². The van der Waals surface area contributed by atoms with E-state index in [1.54, 1.807) is 24.4 Å². The van der Waals surface area contributed by atoms with E-state index in [1.807, 2.05) is 18.4 Å². The number of aryl methyl sites for hydroxylation is 1. The highest BCUT2D eigenvalue weighted by molar-refractivity contribution is 7.98. The number of Topliss-reactive ketones (excluding diaryl/α,β-unsaturated/α-hetero) is 1. The SMILES string of the molecule is CSc1ncccc1C(=O)Cc1ccc2c(c1)N(S(=O)(=O)c1ccc(F)cc1)CCC2. The maximum atomic E-state index is 13.3. The fourth-order valence-corrected chi connectivity index (χ4v) is 5.83. The molecule has 1 aliphatic rings. The van der Waals surface area contributed by atoms with E-state index < -0.39 is 15.8 Å². The second kappa shape index (κ2) is 8.80. The Morgan fingerprint density at radius 3 is 2.68 bits per heavy atom. The Bertz CT molecular complexity index is 1230. The number of carbonyl (C=O) groups is 1. The number of rotatable bonds is 6. The number of carbonyl (C=O) groups excluding carboxylic acids is 1. The first kappa shape index (κ1) is 21.5. The van der Waals surface area contributed by atoms with E-state index in [1.165, 1.54) is 28.2 Å². The van der Waals surface area contributed by atoms with Crippen molar-refractivity contribution >= 4 is 33.3 Å². The molecule has 0 N–H and O–H groups in total. The molecule has 0 aliphatic carbocycles. The van der Waals surface area contributed by atoms with Crippen LogP contribution in [0.15, 0.2) is 70.7 Å². The molecule has 0 unspecified atom stereocenters. The summed E-state index contributed by atoms with van der Waals surface area (Å²) in [6, 6.07) is 13.9. The minimum absolute atomic E-state index is 0.0446. The molecule has 2 aromatic carbocycles. The Morgan fingerprint density at radius 1 is 1.16 bits per heavy atom. The largest absolute Gasteiger partial charge is 0.294 e. The van der Waals surface area contributed by atoms with Gasteiger partial charge in [0.15, 0.2) is 5.78 Å². The first-order valence-electron chi connectivity index (χ1n) is 9.82. The molecule has 1 aromatic heterocycles. The van der Waals surface area contributed by atoms with Gasteiger partial charge in [0.05, 0.1) is 16.1 Å². The lowest BCUT2D eigenvalue weighted by atomic mass is 9.98. The topological polar surface area (TPSA) is 67.3 Å². The van der Waals surface area contributed by atoms with E-state index in [4.69, 9.17) is 0 Å². The highest BCUT2D eigenvalue weighted by atomic mass is 32.2. The predicted octanol–water partition coefficient (Wildman–Crippen LogP) is 4.51. The monoisotopic (exact) mass is 456 g/mol. The summed E-state index contributed by atoms with van der Waals surface area (Å²) < 4.78 is 41.1. The summed E-state index contributed by atoms with van der Waals surface area (Å²) in [6.45, 7) is 0.337. The summed E-state index contributed by atoms with van der Waals surface area (Å²) >= 11 is 1.41. The van der Waals surface area contributed by atoms with Crippen molar-refractivity contribution in [2.24, 2.45) is 0 Å². The number of halogens is 1. The number of thioether (sulfide) groups is 1. The minimum Gasteiger partial charge on any atom is -0.294 e. The number of pyridine rings is 1. The third-order valence-corrected chi connectivity index (χ3v) is 7.80. The quantitative estimate of drug-likeness (QED) is 0.403. The molecule has 5 nitrogen and oxygen atoms in total. The first-order chi connectivity index (χ1) is 14.9. The van der Waals surface area contributed by atoms with Crippen LogP contribution in [0, 0.1) is 5.82 Å². The van der Waals surface area contributed by atoms with Crippen molar-refractivity contribution < 1.29 is 17.6 Å². The molecular formula is C23H21FN2O3S2. The van der Waals surface area contributed by atoms with Crippen molar-refractivity contribution in [2.75, 3.05) is 17.1 Å². The Labute approximate surface area is 185 Å². The lowest BCUT2D eigenvalue weighted by molar-refractivity contribution is 0.0989. The van der Waals surface area contributed by atoms with Crippen LogP contribution in [0.2, 0.25) is 0 Å². The zero-order chi connectivity index (χ0) is 22.0. The van der Waals surface area contributed by atoms with Crippen molar-refractivity contribution in [1.29, 1.82) is 0 Å². The van der Waals surface area contributed by atoms with Crippen LogP contribution in [0.4, 0.5) is 10.1 Å². The van der Waals surface area contributed by atoms with Gasteiger partial charge < -0.3 is 0 Å². The Morgan fingerprint density at radius 2 is 1.94 bits per heavy atom. The van der Waals surface area contributed by atoms with Crippen LogP contribution in [-0.4, -0.2) is 32.0 Å². The average molecular weight is 457 g/mol. The molecule has 0 saturated heterocycles. The molecule has 8 heteroatoms. The van der Waals surface area contributed by atoms with Crippen molar-refractivity contribution in [3.05, 3.63) is 83.3 Å². The Kier molecular flexibility index (Phi) is 6.11. The highest BCUT2D eigenvalue weighted by Crippen LogP contribution is 2.33. The molecule has 160 valence electrons. The number of ketones is 1. The second-order valence-corrected chi connectivity index (χ2v) is 9.92. The van der Waals surface area contributed by atoms with Crippen molar-refractivity contribution in [2.45, 2.75) is 29.2 Å². The molecule has 2 heterocycles. The Balaban J connectivity index is 1.66. The molecule has 0 fully saturated rings. The summed E-state index contributed by atoms with van der Waals surface area (Å²) in [6.07, 6.45) is 5.13. The van der Waals surface area contributed by atoms with Crippen LogP contribution >= 0.6 is 11.8 Å². The molecule has 0 bridgehead atoms. The van der Waals surface area contributed by atoms with Gasteiger partial charge in [-0.2, -0.15) is 0 Å². The molecule has 4 rings (SSSR count). The number of aromatic nitrogens is 1. The smallest absolute Gasteiger partial charge is 0.264 e. The average Bonchev–Trinajstić information content (AvgIpc) is 2.78. The van der Waals surface area contributed by atoms with E-state index in [2.05, 4.69) is 4.98 Å². The number of fused-ring (bicyclic) bond motifs is 1. The number of sulfonamides is 1. The van der Waals surface area contributed by atoms with Crippen LogP contribution in [0.3, 0.4) is 0 Å². The van der Waals surface area contributed by atoms with Gasteiger partial charge in [-0.15, -0.1) is 11.8 Å². The molecular weight excluding hydrogens is 435 g/mol. The third-order valence-electron chi connectivity index (χ3n) is 5.26. The van der Waals surface area contributed by atoms with Crippen LogP contribution in [0.1, 0.15) is 27.9 Å². The Hall–Kier alpha value is -2.71. The van der Waals surface area contributed by atoms with Gasteiger partial charge in [-0.3, -0.25) is 9.10 Å². The van der Waals surface area contributed by atoms with Crippen molar-refractivity contribution in [1.82, 2.24) is 4.98 Å². The second-order valence-electron chi connectivity index (χ2n) is 7.26.